The summed E-state index contributed by atoms with van der Waals surface area (Å²) < 4.78 is 5.17. The molecule has 1 atom stereocenters. The van der Waals surface area contributed by atoms with Crippen LogP contribution in [0.4, 0.5) is 0 Å². The van der Waals surface area contributed by atoms with Crippen LogP contribution in [0.15, 0.2) is 24.3 Å². The van der Waals surface area contributed by atoms with Gasteiger partial charge in [0, 0.05) is 18.2 Å². The summed E-state index contributed by atoms with van der Waals surface area (Å²) in [6, 6.07) is 7.51. The number of halogens is 1. The molecular weight excluding hydrogens is 226 g/mol. The standard InChI is InChI=1S/C12H14ClNO2/c13-11-4-2-1-3-9(11)7-14-12(15)10-5-6-16-8-10/h1-4,10H,5-8H2,(H,14,15). The van der Waals surface area contributed by atoms with Gasteiger partial charge in [-0.25, -0.2) is 0 Å². The summed E-state index contributed by atoms with van der Waals surface area (Å²) in [5.41, 5.74) is 0.941. The molecule has 2 rings (SSSR count). The van der Waals surface area contributed by atoms with Gasteiger partial charge in [-0.3, -0.25) is 4.79 Å². The van der Waals surface area contributed by atoms with Crippen LogP contribution in [0.3, 0.4) is 0 Å². The summed E-state index contributed by atoms with van der Waals surface area (Å²) in [5.74, 6) is 0.0555. The minimum atomic E-state index is 0.00230. The third kappa shape index (κ3) is 2.74. The maximum Gasteiger partial charge on any atom is 0.225 e. The zero-order valence-corrected chi connectivity index (χ0v) is 9.67. The van der Waals surface area contributed by atoms with Crippen molar-refractivity contribution in [1.29, 1.82) is 0 Å². The van der Waals surface area contributed by atoms with E-state index in [4.69, 9.17) is 16.3 Å². The summed E-state index contributed by atoms with van der Waals surface area (Å²) in [5, 5.41) is 3.56. The molecule has 3 nitrogen and oxygen atoms in total. The summed E-state index contributed by atoms with van der Waals surface area (Å²) in [6.45, 7) is 1.70. The Bertz CT molecular complexity index is 375. The number of hydrogen-bond donors (Lipinski definition) is 1. The molecule has 1 heterocycles. The largest absolute Gasteiger partial charge is 0.381 e. The molecule has 0 aliphatic carbocycles. The number of nitrogens with one attached hydrogen (secondary N) is 1. The van der Waals surface area contributed by atoms with E-state index in [2.05, 4.69) is 5.32 Å². The van der Waals surface area contributed by atoms with E-state index >= 15 is 0 Å². The van der Waals surface area contributed by atoms with Crippen molar-refractivity contribution in [3.63, 3.8) is 0 Å². The minimum Gasteiger partial charge on any atom is -0.381 e. The predicted octanol–water partition coefficient (Wildman–Crippen LogP) is 1.99. The lowest BCUT2D eigenvalue weighted by Gasteiger charge is -2.10. The van der Waals surface area contributed by atoms with Crippen molar-refractivity contribution >= 4 is 17.5 Å². The minimum absolute atomic E-state index is 0.00230. The van der Waals surface area contributed by atoms with Crippen LogP contribution in [0.1, 0.15) is 12.0 Å². The molecule has 0 radical (unpaired) electrons. The van der Waals surface area contributed by atoms with Crippen LogP contribution in [-0.4, -0.2) is 19.1 Å². The molecule has 0 spiro atoms. The van der Waals surface area contributed by atoms with Gasteiger partial charge in [0.15, 0.2) is 0 Å². The molecule has 1 amide bonds. The number of amides is 1. The molecule has 4 heteroatoms. The number of carbonyl (C=O) groups is 1. The van der Waals surface area contributed by atoms with Crippen molar-refractivity contribution in [2.24, 2.45) is 5.92 Å². The number of carbonyl (C=O) groups excluding carboxylic acids is 1. The van der Waals surface area contributed by atoms with Gasteiger partial charge in [0.1, 0.15) is 0 Å². The maximum atomic E-state index is 11.7. The van der Waals surface area contributed by atoms with Crippen molar-refractivity contribution in [3.05, 3.63) is 34.9 Å². The van der Waals surface area contributed by atoms with Crippen molar-refractivity contribution < 1.29 is 9.53 Å². The highest BCUT2D eigenvalue weighted by atomic mass is 35.5. The second-order valence-corrected chi connectivity index (χ2v) is 4.28. The lowest BCUT2D eigenvalue weighted by Crippen LogP contribution is -2.30. The van der Waals surface area contributed by atoms with Gasteiger partial charge in [-0.1, -0.05) is 29.8 Å². The molecule has 1 aliphatic heterocycles. The fourth-order valence-electron chi connectivity index (χ4n) is 1.71. The zero-order valence-electron chi connectivity index (χ0n) is 8.91. The molecule has 1 aromatic rings. The van der Waals surface area contributed by atoms with Gasteiger partial charge in [-0.15, -0.1) is 0 Å². The Morgan fingerprint density at radius 1 is 1.50 bits per heavy atom. The molecular formula is C12H14ClNO2. The predicted molar refractivity (Wildman–Crippen MR) is 62.2 cm³/mol. The average molecular weight is 240 g/mol. The first kappa shape index (κ1) is 11.4. The van der Waals surface area contributed by atoms with Crippen LogP contribution < -0.4 is 5.32 Å². The average Bonchev–Trinajstić information content (AvgIpc) is 2.81. The number of hydrogen-bond acceptors (Lipinski definition) is 2. The summed E-state index contributed by atoms with van der Waals surface area (Å²) >= 11 is 5.99. The number of benzene rings is 1. The van der Waals surface area contributed by atoms with Crippen LogP contribution in [-0.2, 0) is 16.1 Å². The highest BCUT2D eigenvalue weighted by Crippen LogP contribution is 2.16. The highest BCUT2D eigenvalue weighted by Gasteiger charge is 2.23. The SMILES string of the molecule is O=C(NCc1ccccc1Cl)C1CCOC1. The molecule has 1 saturated heterocycles. The van der Waals surface area contributed by atoms with Gasteiger partial charge >= 0.3 is 0 Å². The fraction of sp³-hybridized carbons (Fsp3) is 0.417. The van der Waals surface area contributed by atoms with E-state index in [1.807, 2.05) is 24.3 Å². The van der Waals surface area contributed by atoms with Crippen LogP contribution in [0.2, 0.25) is 5.02 Å². The second kappa shape index (κ2) is 5.32. The molecule has 0 saturated carbocycles. The van der Waals surface area contributed by atoms with E-state index < -0.39 is 0 Å². The first-order chi connectivity index (χ1) is 7.77. The first-order valence-electron chi connectivity index (χ1n) is 5.36. The van der Waals surface area contributed by atoms with Crippen LogP contribution in [0.5, 0.6) is 0 Å². The van der Waals surface area contributed by atoms with Gasteiger partial charge in [-0.05, 0) is 18.1 Å². The van der Waals surface area contributed by atoms with Gasteiger partial charge < -0.3 is 10.1 Å². The fourth-order valence-corrected chi connectivity index (χ4v) is 1.91. The third-order valence-electron chi connectivity index (χ3n) is 2.71. The Morgan fingerprint density at radius 3 is 3.00 bits per heavy atom. The molecule has 0 bridgehead atoms. The van der Waals surface area contributed by atoms with Crippen molar-refractivity contribution in [2.75, 3.05) is 13.2 Å². The van der Waals surface area contributed by atoms with Crippen molar-refractivity contribution in [3.8, 4) is 0 Å². The molecule has 16 heavy (non-hydrogen) atoms. The number of rotatable bonds is 3. The van der Waals surface area contributed by atoms with E-state index in [0.29, 0.717) is 24.8 Å². The Morgan fingerprint density at radius 2 is 2.31 bits per heavy atom. The third-order valence-corrected chi connectivity index (χ3v) is 3.08. The summed E-state index contributed by atoms with van der Waals surface area (Å²) in [7, 11) is 0. The monoisotopic (exact) mass is 239 g/mol. The van der Waals surface area contributed by atoms with E-state index in [1.165, 1.54) is 0 Å². The molecule has 1 N–H and O–H groups in total. The normalized spacial score (nSPS) is 19.7. The Labute approximate surface area is 99.7 Å². The molecule has 1 unspecified atom stereocenters. The Hall–Kier alpha value is -1.06. The van der Waals surface area contributed by atoms with E-state index in [1.54, 1.807) is 0 Å². The molecule has 1 fully saturated rings. The van der Waals surface area contributed by atoms with E-state index in [-0.39, 0.29) is 11.8 Å². The van der Waals surface area contributed by atoms with Crippen LogP contribution >= 0.6 is 11.6 Å². The van der Waals surface area contributed by atoms with Crippen LogP contribution in [0, 0.1) is 5.92 Å². The molecule has 86 valence electrons. The van der Waals surface area contributed by atoms with Crippen molar-refractivity contribution in [2.45, 2.75) is 13.0 Å². The summed E-state index contributed by atoms with van der Waals surface area (Å²) in [4.78, 5) is 11.7. The zero-order chi connectivity index (χ0) is 11.4. The second-order valence-electron chi connectivity index (χ2n) is 3.87. The lowest BCUT2D eigenvalue weighted by molar-refractivity contribution is -0.125. The lowest BCUT2D eigenvalue weighted by atomic mass is 10.1. The molecule has 0 aromatic heterocycles. The smallest absolute Gasteiger partial charge is 0.225 e. The van der Waals surface area contributed by atoms with Gasteiger partial charge in [0.2, 0.25) is 5.91 Å². The molecule has 1 aromatic carbocycles. The van der Waals surface area contributed by atoms with Crippen molar-refractivity contribution in [1.82, 2.24) is 5.32 Å². The van der Waals surface area contributed by atoms with Gasteiger partial charge in [-0.2, -0.15) is 0 Å². The van der Waals surface area contributed by atoms with Gasteiger partial charge in [0.05, 0.1) is 12.5 Å². The highest BCUT2D eigenvalue weighted by molar-refractivity contribution is 6.31. The van der Waals surface area contributed by atoms with E-state index in [0.717, 1.165) is 12.0 Å². The van der Waals surface area contributed by atoms with E-state index in [9.17, 15) is 4.79 Å². The molecule has 1 aliphatic rings. The van der Waals surface area contributed by atoms with Gasteiger partial charge in [0.25, 0.3) is 0 Å². The number of ether oxygens (including phenoxy) is 1. The summed E-state index contributed by atoms with van der Waals surface area (Å²) in [6.07, 6.45) is 0.814. The Kier molecular flexibility index (Phi) is 3.80. The first-order valence-corrected chi connectivity index (χ1v) is 5.74. The topological polar surface area (TPSA) is 38.3 Å². The van der Waals surface area contributed by atoms with Crippen LogP contribution in [0.25, 0.3) is 0 Å². The maximum absolute atomic E-state index is 11.7. The quantitative estimate of drug-likeness (QED) is 0.876. The Balaban J connectivity index is 1.87.